The van der Waals surface area contributed by atoms with Crippen LogP contribution in [0.4, 0.5) is 5.69 Å². The van der Waals surface area contributed by atoms with Crippen molar-refractivity contribution in [2.45, 2.75) is 19.3 Å². The summed E-state index contributed by atoms with van der Waals surface area (Å²) in [7, 11) is 0. The van der Waals surface area contributed by atoms with Gasteiger partial charge < -0.3 is 10.0 Å². The maximum absolute atomic E-state index is 10.6. The van der Waals surface area contributed by atoms with E-state index in [9.17, 15) is 4.79 Å². The van der Waals surface area contributed by atoms with Crippen molar-refractivity contribution < 1.29 is 9.90 Å². The summed E-state index contributed by atoms with van der Waals surface area (Å²) in [5, 5.41) is 8.73. The fraction of sp³-hybridized carbons (Fsp3) is 0.500. The number of hydrogen-bond acceptors (Lipinski definition) is 3. The second-order valence-corrected chi connectivity index (χ2v) is 4.23. The zero-order chi connectivity index (χ0) is 11.4. The number of carboxylic acid groups (broad SMARTS) is 1. The van der Waals surface area contributed by atoms with Crippen LogP contribution in [0.1, 0.15) is 19.3 Å². The largest absolute Gasteiger partial charge is 0.481 e. The molecule has 0 aliphatic carbocycles. The summed E-state index contributed by atoms with van der Waals surface area (Å²) in [6.45, 7) is 1.89. The van der Waals surface area contributed by atoms with E-state index < -0.39 is 5.97 Å². The lowest BCUT2D eigenvalue weighted by Crippen LogP contribution is -2.34. The van der Waals surface area contributed by atoms with E-state index in [0.717, 1.165) is 25.9 Å². The number of carboxylic acids is 1. The van der Waals surface area contributed by atoms with E-state index in [-0.39, 0.29) is 12.4 Å². The number of halogens is 1. The molecule has 1 aliphatic rings. The van der Waals surface area contributed by atoms with Gasteiger partial charge in [0.2, 0.25) is 0 Å². The van der Waals surface area contributed by atoms with Crippen LogP contribution in [0, 0.1) is 5.92 Å². The third kappa shape index (κ3) is 3.89. The topological polar surface area (TPSA) is 53.4 Å². The van der Waals surface area contributed by atoms with Crippen molar-refractivity contribution in [3.05, 3.63) is 24.5 Å². The fourth-order valence-electron chi connectivity index (χ4n) is 2.20. The number of pyridine rings is 1. The molecule has 0 spiro atoms. The Balaban J connectivity index is 0.00000144. The van der Waals surface area contributed by atoms with Crippen LogP contribution in [0.3, 0.4) is 0 Å². The van der Waals surface area contributed by atoms with Gasteiger partial charge in [0, 0.05) is 37.6 Å². The lowest BCUT2D eigenvalue weighted by Gasteiger charge is -2.32. The van der Waals surface area contributed by atoms with Gasteiger partial charge in [0.25, 0.3) is 0 Å². The first-order valence-electron chi connectivity index (χ1n) is 5.62. The molecule has 1 aliphatic heterocycles. The van der Waals surface area contributed by atoms with E-state index in [2.05, 4.69) is 9.88 Å². The van der Waals surface area contributed by atoms with Gasteiger partial charge in [-0.15, -0.1) is 12.4 Å². The van der Waals surface area contributed by atoms with E-state index in [4.69, 9.17) is 5.11 Å². The Bertz CT molecular complexity index is 351. The summed E-state index contributed by atoms with van der Waals surface area (Å²) < 4.78 is 0. The Hall–Kier alpha value is -1.29. The van der Waals surface area contributed by atoms with E-state index in [1.54, 1.807) is 12.4 Å². The molecule has 17 heavy (non-hydrogen) atoms. The zero-order valence-corrected chi connectivity index (χ0v) is 10.4. The fourth-order valence-corrected chi connectivity index (χ4v) is 2.20. The molecule has 1 aromatic heterocycles. The van der Waals surface area contributed by atoms with Crippen LogP contribution >= 0.6 is 12.4 Å². The molecule has 0 atom stereocenters. The van der Waals surface area contributed by atoms with Gasteiger partial charge in [-0.2, -0.15) is 0 Å². The number of hydrogen-bond donors (Lipinski definition) is 1. The third-order valence-corrected chi connectivity index (χ3v) is 3.11. The number of aliphatic carboxylic acids is 1. The molecule has 2 rings (SSSR count). The molecule has 1 aromatic rings. The van der Waals surface area contributed by atoms with Gasteiger partial charge in [-0.3, -0.25) is 9.78 Å². The van der Waals surface area contributed by atoms with Crippen LogP contribution in [0.5, 0.6) is 0 Å². The van der Waals surface area contributed by atoms with Crippen LogP contribution in [0.2, 0.25) is 0 Å². The van der Waals surface area contributed by atoms with Crippen molar-refractivity contribution in [2.24, 2.45) is 5.92 Å². The number of rotatable bonds is 3. The van der Waals surface area contributed by atoms with Crippen LogP contribution in [-0.2, 0) is 4.79 Å². The van der Waals surface area contributed by atoms with Gasteiger partial charge in [-0.1, -0.05) is 0 Å². The number of aromatic nitrogens is 1. The summed E-state index contributed by atoms with van der Waals surface area (Å²) in [5.41, 5.74) is 1.18. The normalized spacial score (nSPS) is 16.4. The Morgan fingerprint density at radius 3 is 2.47 bits per heavy atom. The van der Waals surface area contributed by atoms with Gasteiger partial charge in [0.1, 0.15) is 0 Å². The van der Waals surface area contributed by atoms with E-state index >= 15 is 0 Å². The smallest absolute Gasteiger partial charge is 0.303 e. The lowest BCUT2D eigenvalue weighted by atomic mass is 9.93. The first-order valence-corrected chi connectivity index (χ1v) is 5.62. The highest BCUT2D eigenvalue weighted by molar-refractivity contribution is 5.85. The molecule has 1 fully saturated rings. The molecule has 0 bridgehead atoms. The molecule has 1 saturated heterocycles. The minimum atomic E-state index is -0.678. The average molecular weight is 257 g/mol. The van der Waals surface area contributed by atoms with Crippen molar-refractivity contribution in [3.8, 4) is 0 Å². The maximum Gasteiger partial charge on any atom is 0.303 e. The van der Waals surface area contributed by atoms with Crippen molar-refractivity contribution >= 4 is 24.1 Å². The first-order chi connectivity index (χ1) is 7.75. The molecule has 1 N–H and O–H groups in total. The summed E-state index contributed by atoms with van der Waals surface area (Å²) in [6, 6.07) is 4.00. The molecule has 4 nitrogen and oxygen atoms in total. The minimum absolute atomic E-state index is 0. The van der Waals surface area contributed by atoms with Crippen LogP contribution < -0.4 is 4.90 Å². The molecule has 0 amide bonds. The van der Waals surface area contributed by atoms with E-state index in [0.29, 0.717) is 12.3 Å². The SMILES string of the molecule is Cl.O=C(O)CC1CCN(c2ccncc2)CC1. The highest BCUT2D eigenvalue weighted by Crippen LogP contribution is 2.24. The standard InChI is InChI=1S/C12H16N2O2.ClH/c15-12(16)9-10-3-7-14(8-4-10)11-1-5-13-6-2-11;/h1-2,5-6,10H,3-4,7-9H2,(H,15,16);1H. The molecule has 0 aromatic carbocycles. The number of anilines is 1. The first kappa shape index (κ1) is 13.8. The van der Waals surface area contributed by atoms with Crippen molar-refractivity contribution in [1.29, 1.82) is 0 Å². The third-order valence-electron chi connectivity index (χ3n) is 3.11. The Kier molecular flexibility index (Phi) is 5.22. The molecule has 0 unspecified atom stereocenters. The second kappa shape index (κ2) is 6.45. The number of carbonyl (C=O) groups is 1. The Morgan fingerprint density at radius 1 is 1.35 bits per heavy atom. The van der Waals surface area contributed by atoms with Gasteiger partial charge in [-0.25, -0.2) is 0 Å². The quantitative estimate of drug-likeness (QED) is 0.901. The summed E-state index contributed by atoms with van der Waals surface area (Å²) in [5.74, 6) is -0.335. The zero-order valence-electron chi connectivity index (χ0n) is 9.58. The monoisotopic (exact) mass is 256 g/mol. The molecule has 5 heteroatoms. The maximum atomic E-state index is 10.6. The molecule has 0 radical (unpaired) electrons. The summed E-state index contributed by atoms with van der Waals surface area (Å²) >= 11 is 0. The minimum Gasteiger partial charge on any atom is -0.481 e. The highest BCUT2D eigenvalue weighted by atomic mass is 35.5. The van der Waals surface area contributed by atoms with Gasteiger partial charge in [0.15, 0.2) is 0 Å². The summed E-state index contributed by atoms with van der Waals surface area (Å²) in [4.78, 5) is 16.9. The molecular formula is C12H17ClN2O2. The lowest BCUT2D eigenvalue weighted by molar-refractivity contribution is -0.138. The average Bonchev–Trinajstić information content (AvgIpc) is 2.30. The Morgan fingerprint density at radius 2 is 1.94 bits per heavy atom. The van der Waals surface area contributed by atoms with Crippen molar-refractivity contribution in [2.75, 3.05) is 18.0 Å². The van der Waals surface area contributed by atoms with E-state index in [1.165, 1.54) is 5.69 Å². The molecule has 0 saturated carbocycles. The Labute approximate surface area is 107 Å². The molecule has 94 valence electrons. The second-order valence-electron chi connectivity index (χ2n) is 4.23. The van der Waals surface area contributed by atoms with Crippen LogP contribution in [-0.4, -0.2) is 29.1 Å². The van der Waals surface area contributed by atoms with E-state index in [1.807, 2.05) is 12.1 Å². The highest BCUT2D eigenvalue weighted by Gasteiger charge is 2.21. The van der Waals surface area contributed by atoms with Gasteiger partial charge in [-0.05, 0) is 30.9 Å². The molecule has 2 heterocycles. The van der Waals surface area contributed by atoms with Crippen LogP contribution in [0.15, 0.2) is 24.5 Å². The number of piperidine rings is 1. The van der Waals surface area contributed by atoms with Gasteiger partial charge in [0.05, 0.1) is 0 Å². The molecular weight excluding hydrogens is 240 g/mol. The number of nitrogens with zero attached hydrogens (tertiary/aromatic N) is 2. The van der Waals surface area contributed by atoms with Gasteiger partial charge >= 0.3 is 5.97 Å². The predicted octanol–water partition coefficient (Wildman–Crippen LogP) is 2.19. The van der Waals surface area contributed by atoms with Crippen molar-refractivity contribution in [3.63, 3.8) is 0 Å². The van der Waals surface area contributed by atoms with Crippen molar-refractivity contribution in [1.82, 2.24) is 4.98 Å². The summed E-state index contributed by atoms with van der Waals surface area (Å²) in [6.07, 6.45) is 5.82. The van der Waals surface area contributed by atoms with Crippen LogP contribution in [0.25, 0.3) is 0 Å². The predicted molar refractivity (Wildman–Crippen MR) is 68.7 cm³/mol.